The third kappa shape index (κ3) is 2.83. The van der Waals surface area contributed by atoms with Crippen LogP contribution in [0.15, 0.2) is 30.3 Å². The molecule has 0 fully saturated rings. The van der Waals surface area contributed by atoms with Crippen LogP contribution in [-0.4, -0.2) is 22.2 Å². The average Bonchev–Trinajstić information content (AvgIpc) is 3.06. The van der Waals surface area contributed by atoms with Crippen LogP contribution in [0.3, 0.4) is 0 Å². The van der Waals surface area contributed by atoms with Gasteiger partial charge in [-0.2, -0.15) is 0 Å². The maximum absolute atomic E-state index is 12.6. The molecule has 0 unspecified atom stereocenters. The minimum Gasteiger partial charge on any atom is -0.293 e. The highest BCUT2D eigenvalue weighted by atomic mass is 35.5. The standard InChI is InChI=1S/C17H14Cl2N2O2S/c1-9-7-12(13(22)8-18)10(2)21(9)20-17(23)16-15(19)11-5-3-4-6-14(11)24-16/h3-7H,8H2,1-2H3,(H,20,23). The molecule has 0 saturated heterocycles. The number of nitrogens with zero attached hydrogens (tertiary/aromatic N) is 1. The summed E-state index contributed by atoms with van der Waals surface area (Å²) in [6.45, 7) is 3.57. The van der Waals surface area contributed by atoms with Gasteiger partial charge in [0.2, 0.25) is 0 Å². The Bertz CT molecular complexity index is 959. The molecule has 24 heavy (non-hydrogen) atoms. The molecule has 2 aromatic heterocycles. The molecular formula is C17H14Cl2N2O2S. The number of hydrogen-bond acceptors (Lipinski definition) is 3. The highest BCUT2D eigenvalue weighted by Crippen LogP contribution is 2.35. The van der Waals surface area contributed by atoms with E-state index < -0.39 is 0 Å². The predicted molar refractivity (Wildman–Crippen MR) is 99.5 cm³/mol. The number of hydrogen-bond donors (Lipinski definition) is 1. The minimum atomic E-state index is -0.312. The normalized spacial score (nSPS) is 11.0. The molecule has 0 spiro atoms. The molecule has 4 nitrogen and oxygen atoms in total. The molecule has 1 N–H and O–H groups in total. The molecule has 0 aliphatic rings. The lowest BCUT2D eigenvalue weighted by molar-refractivity contribution is 0.100. The monoisotopic (exact) mass is 380 g/mol. The Labute approximate surface area is 153 Å². The van der Waals surface area contributed by atoms with Crippen LogP contribution in [0.5, 0.6) is 0 Å². The van der Waals surface area contributed by atoms with E-state index >= 15 is 0 Å². The van der Waals surface area contributed by atoms with Crippen LogP contribution in [0.25, 0.3) is 10.1 Å². The summed E-state index contributed by atoms with van der Waals surface area (Å²) in [5.41, 5.74) is 4.69. The van der Waals surface area contributed by atoms with Gasteiger partial charge in [-0.25, -0.2) is 0 Å². The summed E-state index contributed by atoms with van der Waals surface area (Å²) in [6, 6.07) is 9.31. The summed E-state index contributed by atoms with van der Waals surface area (Å²) < 4.78 is 2.54. The molecule has 0 aliphatic heterocycles. The molecule has 124 valence electrons. The molecule has 1 aromatic carbocycles. The zero-order valence-electron chi connectivity index (χ0n) is 13.0. The highest BCUT2D eigenvalue weighted by molar-refractivity contribution is 7.21. The Balaban J connectivity index is 1.96. The van der Waals surface area contributed by atoms with Gasteiger partial charge in [-0.1, -0.05) is 29.8 Å². The Morgan fingerprint density at radius 1 is 1.25 bits per heavy atom. The molecule has 0 radical (unpaired) electrons. The van der Waals surface area contributed by atoms with Crippen LogP contribution in [0.1, 0.15) is 31.4 Å². The minimum absolute atomic E-state index is 0.0968. The number of aromatic nitrogens is 1. The van der Waals surface area contributed by atoms with E-state index in [1.54, 1.807) is 17.7 Å². The van der Waals surface area contributed by atoms with Crippen molar-refractivity contribution in [2.24, 2.45) is 0 Å². The first kappa shape index (κ1) is 17.0. The van der Waals surface area contributed by atoms with Crippen LogP contribution in [0.2, 0.25) is 5.02 Å². The van der Waals surface area contributed by atoms with Crippen molar-refractivity contribution in [1.82, 2.24) is 4.68 Å². The van der Waals surface area contributed by atoms with Gasteiger partial charge in [0, 0.05) is 27.0 Å². The van der Waals surface area contributed by atoms with Gasteiger partial charge in [-0.3, -0.25) is 19.7 Å². The van der Waals surface area contributed by atoms with E-state index in [4.69, 9.17) is 23.2 Å². The Morgan fingerprint density at radius 3 is 2.62 bits per heavy atom. The predicted octanol–water partition coefficient (Wildman–Crippen LogP) is 4.78. The summed E-state index contributed by atoms with van der Waals surface area (Å²) in [4.78, 5) is 24.9. The van der Waals surface area contributed by atoms with Gasteiger partial charge < -0.3 is 0 Å². The van der Waals surface area contributed by atoms with E-state index in [1.807, 2.05) is 31.2 Å². The maximum Gasteiger partial charge on any atom is 0.281 e. The van der Waals surface area contributed by atoms with E-state index in [0.29, 0.717) is 21.2 Å². The number of rotatable bonds is 4. The largest absolute Gasteiger partial charge is 0.293 e. The zero-order chi connectivity index (χ0) is 17.4. The average molecular weight is 381 g/mol. The summed E-state index contributed by atoms with van der Waals surface area (Å²) in [5.74, 6) is -0.585. The summed E-state index contributed by atoms with van der Waals surface area (Å²) in [5, 5.41) is 1.29. The lowest BCUT2D eigenvalue weighted by atomic mass is 10.2. The van der Waals surface area contributed by atoms with E-state index in [9.17, 15) is 9.59 Å². The number of carbonyl (C=O) groups is 2. The first-order valence-corrected chi connectivity index (χ1v) is 8.93. The van der Waals surface area contributed by atoms with E-state index in [1.165, 1.54) is 11.3 Å². The van der Waals surface area contributed by atoms with Crippen molar-refractivity contribution in [3.63, 3.8) is 0 Å². The molecule has 1 amide bonds. The number of amides is 1. The third-order valence-electron chi connectivity index (χ3n) is 3.81. The topological polar surface area (TPSA) is 51.1 Å². The Hall–Kier alpha value is -1.82. The summed E-state index contributed by atoms with van der Waals surface area (Å²) in [6.07, 6.45) is 0. The number of benzene rings is 1. The van der Waals surface area contributed by atoms with Crippen LogP contribution < -0.4 is 5.43 Å². The number of fused-ring (bicyclic) bond motifs is 1. The van der Waals surface area contributed by atoms with Crippen molar-refractivity contribution in [3.05, 3.63) is 57.2 Å². The fourth-order valence-corrected chi connectivity index (χ4v) is 4.15. The SMILES string of the molecule is Cc1cc(C(=O)CCl)c(C)n1NC(=O)c1sc2ccccc2c1Cl. The fourth-order valence-electron chi connectivity index (χ4n) is 2.60. The molecule has 3 rings (SSSR count). The van der Waals surface area contributed by atoms with Crippen LogP contribution >= 0.6 is 34.5 Å². The molecule has 0 bridgehead atoms. The number of nitrogens with one attached hydrogen (secondary N) is 1. The van der Waals surface area contributed by atoms with Crippen LogP contribution in [-0.2, 0) is 0 Å². The number of carbonyl (C=O) groups excluding carboxylic acids is 2. The molecule has 3 aromatic rings. The van der Waals surface area contributed by atoms with Crippen molar-refractivity contribution in [2.75, 3.05) is 11.3 Å². The first-order chi connectivity index (χ1) is 11.4. The van der Waals surface area contributed by atoms with Crippen molar-refractivity contribution < 1.29 is 9.59 Å². The van der Waals surface area contributed by atoms with Crippen molar-refractivity contribution in [1.29, 1.82) is 0 Å². The second kappa shape index (κ2) is 6.59. The Kier molecular flexibility index (Phi) is 4.67. The van der Waals surface area contributed by atoms with Gasteiger partial charge in [-0.05, 0) is 26.0 Å². The van der Waals surface area contributed by atoms with Crippen molar-refractivity contribution in [3.8, 4) is 0 Å². The van der Waals surface area contributed by atoms with Gasteiger partial charge in [0.25, 0.3) is 5.91 Å². The number of Topliss-reactive ketones (excluding diaryl/α,β-unsaturated/α-hetero) is 1. The van der Waals surface area contributed by atoms with Crippen molar-refractivity contribution in [2.45, 2.75) is 13.8 Å². The molecule has 0 aliphatic carbocycles. The van der Waals surface area contributed by atoms with Gasteiger partial charge in [-0.15, -0.1) is 22.9 Å². The number of halogens is 2. The zero-order valence-corrected chi connectivity index (χ0v) is 15.4. The van der Waals surface area contributed by atoms with Crippen molar-refractivity contribution >= 4 is 56.3 Å². The number of alkyl halides is 1. The van der Waals surface area contributed by atoms with Gasteiger partial charge in [0.05, 0.1) is 10.9 Å². The molecule has 7 heteroatoms. The number of thiophene rings is 1. The quantitative estimate of drug-likeness (QED) is 0.522. The molecular weight excluding hydrogens is 367 g/mol. The molecule has 0 saturated carbocycles. The second-order valence-corrected chi connectivity index (χ2v) is 7.06. The van der Waals surface area contributed by atoms with E-state index in [2.05, 4.69) is 5.43 Å². The Morgan fingerprint density at radius 2 is 1.96 bits per heavy atom. The lowest BCUT2D eigenvalue weighted by Gasteiger charge is -2.11. The highest BCUT2D eigenvalue weighted by Gasteiger charge is 2.20. The number of ketones is 1. The van der Waals surface area contributed by atoms with Crippen LogP contribution in [0.4, 0.5) is 0 Å². The maximum atomic E-state index is 12.6. The smallest absolute Gasteiger partial charge is 0.281 e. The number of aryl methyl sites for hydroxylation is 1. The molecule has 2 heterocycles. The molecule has 0 atom stereocenters. The first-order valence-electron chi connectivity index (χ1n) is 7.20. The summed E-state index contributed by atoms with van der Waals surface area (Å²) >= 11 is 13.3. The van der Waals surface area contributed by atoms with Gasteiger partial charge in [0.15, 0.2) is 5.78 Å². The third-order valence-corrected chi connectivity index (χ3v) is 5.72. The van der Waals surface area contributed by atoms with Crippen LogP contribution in [0, 0.1) is 13.8 Å². The second-order valence-electron chi connectivity index (χ2n) is 5.36. The summed E-state index contributed by atoms with van der Waals surface area (Å²) in [7, 11) is 0. The van der Waals surface area contributed by atoms with E-state index in [0.717, 1.165) is 15.8 Å². The fraction of sp³-hybridized carbons (Fsp3) is 0.176. The van der Waals surface area contributed by atoms with Gasteiger partial charge >= 0.3 is 0 Å². The van der Waals surface area contributed by atoms with E-state index in [-0.39, 0.29) is 17.6 Å². The van der Waals surface area contributed by atoms with Gasteiger partial charge in [0.1, 0.15) is 4.88 Å². The lowest BCUT2D eigenvalue weighted by Crippen LogP contribution is -2.24.